The van der Waals surface area contributed by atoms with E-state index in [2.05, 4.69) is 10.6 Å². The molecule has 1 aromatic rings. The van der Waals surface area contributed by atoms with Crippen LogP contribution in [0, 0.1) is 5.92 Å². The number of urea groups is 1. The number of nitrogens with two attached hydrogens (primary N) is 1. The standard InChI is InChI=1S/C15H23N3O3/c1-11(10-19)6-5-9-17-14(20)13(18-15(16)21)12-7-3-2-4-8-12/h2-4,7-8,11,13,19H,5-6,9-10H2,1H3,(H,17,20)(H3,16,18,21). The third-order valence-corrected chi connectivity index (χ3v) is 3.17. The number of amides is 3. The van der Waals surface area contributed by atoms with Gasteiger partial charge >= 0.3 is 6.03 Å². The maximum Gasteiger partial charge on any atom is 0.313 e. The van der Waals surface area contributed by atoms with Crippen molar-refractivity contribution in [2.24, 2.45) is 11.7 Å². The number of benzene rings is 1. The molecule has 6 nitrogen and oxygen atoms in total. The SMILES string of the molecule is CC(CO)CCCNC(=O)C(NC(N)=O)c1ccccc1. The maximum absolute atomic E-state index is 12.2. The summed E-state index contributed by atoms with van der Waals surface area (Å²) >= 11 is 0. The van der Waals surface area contributed by atoms with Crippen LogP contribution in [0.15, 0.2) is 30.3 Å². The van der Waals surface area contributed by atoms with Crippen molar-refractivity contribution in [3.05, 3.63) is 35.9 Å². The van der Waals surface area contributed by atoms with E-state index in [1.807, 2.05) is 13.0 Å². The van der Waals surface area contributed by atoms with Gasteiger partial charge in [0.15, 0.2) is 0 Å². The second-order valence-electron chi connectivity index (χ2n) is 5.07. The van der Waals surface area contributed by atoms with Gasteiger partial charge in [0.25, 0.3) is 0 Å². The Kier molecular flexibility index (Phi) is 7.25. The second-order valence-corrected chi connectivity index (χ2v) is 5.07. The van der Waals surface area contributed by atoms with Crippen LogP contribution in [0.2, 0.25) is 0 Å². The van der Waals surface area contributed by atoms with Crippen LogP contribution in [0.5, 0.6) is 0 Å². The quantitative estimate of drug-likeness (QED) is 0.536. The predicted molar refractivity (Wildman–Crippen MR) is 80.4 cm³/mol. The van der Waals surface area contributed by atoms with Crippen LogP contribution in [-0.2, 0) is 4.79 Å². The summed E-state index contributed by atoms with van der Waals surface area (Å²) in [6.07, 6.45) is 1.60. The number of aliphatic hydroxyl groups is 1. The summed E-state index contributed by atoms with van der Waals surface area (Å²) in [6, 6.07) is 7.40. The van der Waals surface area contributed by atoms with E-state index in [-0.39, 0.29) is 18.4 Å². The molecule has 0 bridgehead atoms. The molecule has 0 radical (unpaired) electrons. The molecule has 116 valence electrons. The molecule has 0 saturated heterocycles. The number of rotatable bonds is 8. The van der Waals surface area contributed by atoms with Crippen molar-refractivity contribution in [2.75, 3.05) is 13.2 Å². The topological polar surface area (TPSA) is 104 Å². The van der Waals surface area contributed by atoms with Crippen molar-refractivity contribution in [1.82, 2.24) is 10.6 Å². The summed E-state index contributed by atoms with van der Waals surface area (Å²) in [5.41, 5.74) is 5.80. The Labute approximate surface area is 124 Å². The molecule has 21 heavy (non-hydrogen) atoms. The summed E-state index contributed by atoms with van der Waals surface area (Å²) < 4.78 is 0. The number of hydrogen-bond acceptors (Lipinski definition) is 3. The number of carbonyl (C=O) groups is 2. The first-order valence-electron chi connectivity index (χ1n) is 7.04. The van der Waals surface area contributed by atoms with E-state index in [1.54, 1.807) is 24.3 Å². The molecule has 0 heterocycles. The Bertz CT molecular complexity index is 451. The van der Waals surface area contributed by atoms with Crippen molar-refractivity contribution < 1.29 is 14.7 Å². The van der Waals surface area contributed by atoms with Gasteiger partial charge in [0.1, 0.15) is 6.04 Å². The lowest BCUT2D eigenvalue weighted by atomic mass is 10.1. The highest BCUT2D eigenvalue weighted by Gasteiger charge is 2.21. The van der Waals surface area contributed by atoms with E-state index in [0.29, 0.717) is 12.1 Å². The van der Waals surface area contributed by atoms with Gasteiger partial charge < -0.3 is 21.5 Å². The molecule has 3 amide bonds. The zero-order valence-electron chi connectivity index (χ0n) is 12.2. The Morgan fingerprint density at radius 3 is 2.52 bits per heavy atom. The van der Waals surface area contributed by atoms with Crippen LogP contribution in [0.1, 0.15) is 31.4 Å². The lowest BCUT2D eigenvalue weighted by Gasteiger charge is -2.18. The van der Waals surface area contributed by atoms with Crippen molar-refractivity contribution >= 4 is 11.9 Å². The summed E-state index contributed by atoms with van der Waals surface area (Å²) in [5.74, 6) is -0.0766. The average molecular weight is 293 g/mol. The summed E-state index contributed by atoms with van der Waals surface area (Å²) in [6.45, 7) is 2.58. The van der Waals surface area contributed by atoms with Gasteiger partial charge in [-0.25, -0.2) is 4.79 Å². The van der Waals surface area contributed by atoms with Crippen LogP contribution >= 0.6 is 0 Å². The molecule has 2 unspecified atom stereocenters. The minimum atomic E-state index is -0.793. The first-order chi connectivity index (χ1) is 10.0. The van der Waals surface area contributed by atoms with E-state index >= 15 is 0 Å². The fourth-order valence-electron chi connectivity index (χ4n) is 1.94. The van der Waals surface area contributed by atoms with Gasteiger partial charge in [-0.3, -0.25) is 4.79 Å². The highest BCUT2D eigenvalue weighted by Crippen LogP contribution is 2.12. The number of nitrogens with one attached hydrogen (secondary N) is 2. The molecule has 0 spiro atoms. The van der Waals surface area contributed by atoms with Gasteiger partial charge in [0.05, 0.1) is 0 Å². The Morgan fingerprint density at radius 2 is 1.95 bits per heavy atom. The summed E-state index contributed by atoms with van der Waals surface area (Å²) in [5, 5.41) is 14.1. The van der Waals surface area contributed by atoms with E-state index in [0.717, 1.165) is 12.8 Å². The number of aliphatic hydroxyl groups excluding tert-OH is 1. The molecule has 0 saturated carbocycles. The van der Waals surface area contributed by atoms with E-state index in [4.69, 9.17) is 10.8 Å². The molecule has 0 aliphatic rings. The zero-order chi connectivity index (χ0) is 15.7. The normalized spacial score (nSPS) is 13.2. The Balaban J connectivity index is 2.55. The molecule has 6 heteroatoms. The van der Waals surface area contributed by atoms with Gasteiger partial charge in [0, 0.05) is 13.2 Å². The van der Waals surface area contributed by atoms with Gasteiger partial charge in [-0.05, 0) is 24.3 Å². The first kappa shape index (κ1) is 17.0. The van der Waals surface area contributed by atoms with Crippen LogP contribution in [0.4, 0.5) is 4.79 Å². The van der Waals surface area contributed by atoms with Gasteiger partial charge in [-0.15, -0.1) is 0 Å². The van der Waals surface area contributed by atoms with Gasteiger partial charge in [-0.2, -0.15) is 0 Å². The van der Waals surface area contributed by atoms with Crippen molar-refractivity contribution in [3.8, 4) is 0 Å². The highest BCUT2D eigenvalue weighted by atomic mass is 16.3. The molecule has 0 aromatic heterocycles. The maximum atomic E-state index is 12.2. The minimum absolute atomic E-state index is 0.143. The van der Waals surface area contributed by atoms with Crippen molar-refractivity contribution in [1.29, 1.82) is 0 Å². The van der Waals surface area contributed by atoms with E-state index in [1.165, 1.54) is 0 Å². The van der Waals surface area contributed by atoms with Crippen LogP contribution < -0.4 is 16.4 Å². The highest BCUT2D eigenvalue weighted by molar-refractivity contribution is 5.87. The Hall–Kier alpha value is -2.08. The van der Waals surface area contributed by atoms with Crippen LogP contribution in [0.3, 0.4) is 0 Å². The summed E-state index contributed by atoms with van der Waals surface area (Å²) in [4.78, 5) is 23.2. The molecule has 0 fully saturated rings. The molecular formula is C15H23N3O3. The molecular weight excluding hydrogens is 270 g/mol. The van der Waals surface area contributed by atoms with Crippen molar-refractivity contribution in [3.63, 3.8) is 0 Å². The average Bonchev–Trinajstić information content (AvgIpc) is 2.49. The number of primary amides is 1. The summed E-state index contributed by atoms with van der Waals surface area (Å²) in [7, 11) is 0. The fraction of sp³-hybridized carbons (Fsp3) is 0.467. The minimum Gasteiger partial charge on any atom is -0.396 e. The van der Waals surface area contributed by atoms with E-state index < -0.39 is 12.1 Å². The predicted octanol–water partition coefficient (Wildman–Crippen LogP) is 0.921. The third kappa shape index (κ3) is 6.27. The molecule has 1 rings (SSSR count). The zero-order valence-corrected chi connectivity index (χ0v) is 12.2. The first-order valence-corrected chi connectivity index (χ1v) is 7.04. The van der Waals surface area contributed by atoms with Crippen molar-refractivity contribution in [2.45, 2.75) is 25.8 Å². The second kappa shape index (κ2) is 8.97. The molecule has 0 aliphatic carbocycles. The monoisotopic (exact) mass is 293 g/mol. The molecule has 0 aliphatic heterocycles. The molecule has 2 atom stereocenters. The number of hydrogen-bond donors (Lipinski definition) is 4. The van der Waals surface area contributed by atoms with Gasteiger partial charge in [0.2, 0.25) is 5.91 Å². The smallest absolute Gasteiger partial charge is 0.313 e. The van der Waals surface area contributed by atoms with Crippen LogP contribution in [-0.4, -0.2) is 30.2 Å². The Morgan fingerprint density at radius 1 is 1.29 bits per heavy atom. The third-order valence-electron chi connectivity index (χ3n) is 3.17. The lowest BCUT2D eigenvalue weighted by Crippen LogP contribution is -2.42. The lowest BCUT2D eigenvalue weighted by molar-refractivity contribution is -0.123. The fourth-order valence-corrected chi connectivity index (χ4v) is 1.94. The van der Waals surface area contributed by atoms with E-state index in [9.17, 15) is 9.59 Å². The van der Waals surface area contributed by atoms with Gasteiger partial charge in [-0.1, -0.05) is 37.3 Å². The van der Waals surface area contributed by atoms with Crippen LogP contribution in [0.25, 0.3) is 0 Å². The largest absolute Gasteiger partial charge is 0.396 e. The molecule has 5 N–H and O–H groups in total. The number of carbonyl (C=O) groups excluding carboxylic acids is 2. The molecule has 1 aromatic carbocycles.